The number of halogens is 2. The number of hydrogen-bond donors (Lipinski definition) is 0. The van der Waals surface area contributed by atoms with Crippen LogP contribution in [0.15, 0.2) is 51.9 Å². The highest BCUT2D eigenvalue weighted by Gasteiger charge is 2.21. The van der Waals surface area contributed by atoms with Crippen LogP contribution in [0.1, 0.15) is 26.2 Å². The van der Waals surface area contributed by atoms with E-state index >= 15 is 4.39 Å². The molecule has 1 aliphatic heterocycles. The Kier molecular flexibility index (Phi) is 5.43. The normalized spacial score (nSPS) is 14.3. The van der Waals surface area contributed by atoms with Gasteiger partial charge < -0.3 is 14.0 Å². The van der Waals surface area contributed by atoms with Gasteiger partial charge in [-0.1, -0.05) is 16.8 Å². The number of benzene rings is 2. The molecule has 0 unspecified atom stereocenters. The zero-order chi connectivity index (χ0) is 22.2. The Bertz CT molecular complexity index is 1340. The number of aryl methyl sites for hydroxylation is 1. The second-order valence-corrected chi connectivity index (χ2v) is 8.39. The summed E-state index contributed by atoms with van der Waals surface area (Å²) >= 11 is 5.94. The maximum Gasteiger partial charge on any atom is 0.263 e. The predicted octanol–water partition coefficient (Wildman–Crippen LogP) is 5.52. The van der Waals surface area contributed by atoms with Gasteiger partial charge in [-0.3, -0.25) is 4.79 Å². The molecule has 0 aliphatic carbocycles. The van der Waals surface area contributed by atoms with E-state index in [1.165, 1.54) is 6.07 Å². The third kappa shape index (κ3) is 3.66. The van der Waals surface area contributed by atoms with Crippen molar-refractivity contribution < 1.29 is 8.91 Å². The number of pyridine rings is 1. The average molecular weight is 453 g/mol. The molecule has 0 radical (unpaired) electrons. The molecule has 0 amide bonds. The number of hydrogen-bond acceptors (Lipinski definition) is 5. The highest BCUT2D eigenvalue weighted by Crippen LogP contribution is 2.29. The minimum Gasteiger partial charge on any atom is -0.369 e. The van der Waals surface area contributed by atoms with Gasteiger partial charge in [0.1, 0.15) is 11.4 Å². The molecule has 1 saturated heterocycles. The standard InChI is InChI=1S/C24H22ClFN4O2/c1-2-29-14-18(24-27-23(28-32-24)15-6-8-16(25)9-7-15)22(31)17-12-19(26)21(13-20(17)29)30-10-4-3-5-11-30/h6-9,12-14H,2-5,10-11H2,1H3. The van der Waals surface area contributed by atoms with E-state index in [-0.39, 0.29) is 22.7 Å². The smallest absolute Gasteiger partial charge is 0.263 e. The molecule has 8 heteroatoms. The topological polar surface area (TPSA) is 64.2 Å². The van der Waals surface area contributed by atoms with E-state index in [1.807, 2.05) is 11.5 Å². The Morgan fingerprint density at radius 2 is 1.88 bits per heavy atom. The SMILES string of the molecule is CCn1cc(-c2nc(-c3ccc(Cl)cc3)no2)c(=O)c2cc(F)c(N3CCCCC3)cc21. The first-order chi connectivity index (χ1) is 15.5. The maximum absolute atomic E-state index is 15.1. The van der Waals surface area contributed by atoms with Crippen molar-refractivity contribution in [1.82, 2.24) is 14.7 Å². The summed E-state index contributed by atoms with van der Waals surface area (Å²) in [5.74, 6) is 0.0686. The second kappa shape index (κ2) is 8.39. The molecular formula is C24H22ClFN4O2. The first-order valence-electron chi connectivity index (χ1n) is 10.8. The van der Waals surface area contributed by atoms with Crippen LogP contribution in [-0.4, -0.2) is 27.8 Å². The number of aromatic nitrogens is 3. The number of piperidine rings is 1. The lowest BCUT2D eigenvalue weighted by Gasteiger charge is -2.29. The van der Waals surface area contributed by atoms with E-state index < -0.39 is 0 Å². The molecule has 3 heterocycles. The van der Waals surface area contributed by atoms with Gasteiger partial charge in [0.25, 0.3) is 5.89 Å². The van der Waals surface area contributed by atoms with Crippen molar-refractivity contribution in [2.75, 3.05) is 18.0 Å². The molecule has 0 atom stereocenters. The lowest BCUT2D eigenvalue weighted by atomic mass is 10.1. The van der Waals surface area contributed by atoms with Crippen LogP contribution < -0.4 is 10.3 Å². The summed E-state index contributed by atoms with van der Waals surface area (Å²) in [5, 5.41) is 4.90. The van der Waals surface area contributed by atoms with Crippen LogP contribution in [0.4, 0.5) is 10.1 Å². The van der Waals surface area contributed by atoms with Crippen molar-refractivity contribution in [3.05, 3.63) is 63.7 Å². The molecule has 2 aromatic carbocycles. The molecule has 6 nitrogen and oxygen atoms in total. The quantitative estimate of drug-likeness (QED) is 0.408. The third-order valence-electron chi connectivity index (χ3n) is 5.95. The highest BCUT2D eigenvalue weighted by atomic mass is 35.5. The minimum absolute atomic E-state index is 0.101. The summed E-state index contributed by atoms with van der Waals surface area (Å²) in [6.45, 7) is 4.23. The number of rotatable bonds is 4. The van der Waals surface area contributed by atoms with E-state index in [0.717, 1.165) is 37.9 Å². The summed E-state index contributed by atoms with van der Waals surface area (Å²) in [6.07, 6.45) is 4.97. The second-order valence-electron chi connectivity index (χ2n) is 7.96. The van der Waals surface area contributed by atoms with Gasteiger partial charge in [-0.2, -0.15) is 4.98 Å². The molecule has 164 valence electrons. The van der Waals surface area contributed by atoms with Crippen LogP contribution in [-0.2, 0) is 6.54 Å². The van der Waals surface area contributed by atoms with Crippen LogP contribution >= 0.6 is 11.6 Å². The van der Waals surface area contributed by atoms with Crippen molar-refractivity contribution >= 4 is 28.2 Å². The van der Waals surface area contributed by atoms with Crippen molar-refractivity contribution in [2.24, 2.45) is 0 Å². The molecule has 5 rings (SSSR count). The average Bonchev–Trinajstić information content (AvgIpc) is 3.30. The first-order valence-corrected chi connectivity index (χ1v) is 11.1. The molecule has 2 aromatic heterocycles. The Hall–Kier alpha value is -3.19. The van der Waals surface area contributed by atoms with Crippen LogP contribution in [0.5, 0.6) is 0 Å². The highest BCUT2D eigenvalue weighted by molar-refractivity contribution is 6.30. The molecule has 4 aromatic rings. The fourth-order valence-corrected chi connectivity index (χ4v) is 4.37. The van der Waals surface area contributed by atoms with Crippen molar-refractivity contribution in [1.29, 1.82) is 0 Å². The molecule has 1 aliphatic rings. The third-order valence-corrected chi connectivity index (χ3v) is 6.20. The van der Waals surface area contributed by atoms with Crippen molar-refractivity contribution in [3.63, 3.8) is 0 Å². The molecule has 1 fully saturated rings. The van der Waals surface area contributed by atoms with Gasteiger partial charge in [-0.15, -0.1) is 0 Å². The first kappa shape index (κ1) is 20.7. The van der Waals surface area contributed by atoms with E-state index in [1.54, 1.807) is 36.5 Å². The van der Waals surface area contributed by atoms with Crippen LogP contribution in [0.2, 0.25) is 5.02 Å². The molecule has 0 saturated carbocycles. The fraction of sp³-hybridized carbons (Fsp3) is 0.292. The molecule has 0 spiro atoms. The summed E-state index contributed by atoms with van der Waals surface area (Å²) in [7, 11) is 0. The Morgan fingerprint density at radius 1 is 1.12 bits per heavy atom. The van der Waals surface area contributed by atoms with Gasteiger partial charge in [0.15, 0.2) is 0 Å². The van der Waals surface area contributed by atoms with E-state index in [2.05, 4.69) is 15.0 Å². The fourth-order valence-electron chi connectivity index (χ4n) is 4.24. The zero-order valence-electron chi connectivity index (χ0n) is 17.6. The summed E-state index contributed by atoms with van der Waals surface area (Å²) in [6, 6.07) is 10.1. The van der Waals surface area contributed by atoms with Gasteiger partial charge in [0.2, 0.25) is 11.3 Å². The number of nitrogens with zero attached hydrogens (tertiary/aromatic N) is 4. The molecule has 0 bridgehead atoms. The molecule has 32 heavy (non-hydrogen) atoms. The van der Waals surface area contributed by atoms with Gasteiger partial charge >= 0.3 is 0 Å². The van der Waals surface area contributed by atoms with Crippen LogP contribution in [0.25, 0.3) is 33.7 Å². The lowest BCUT2D eigenvalue weighted by molar-refractivity contribution is 0.431. The van der Waals surface area contributed by atoms with Crippen LogP contribution in [0.3, 0.4) is 0 Å². The summed E-state index contributed by atoms with van der Waals surface area (Å²) in [4.78, 5) is 19.8. The van der Waals surface area contributed by atoms with E-state index in [4.69, 9.17) is 16.1 Å². The summed E-state index contributed by atoms with van der Waals surface area (Å²) in [5.41, 5.74) is 1.88. The van der Waals surface area contributed by atoms with Gasteiger partial charge in [-0.25, -0.2) is 4.39 Å². The Labute approximate surface area is 189 Å². The predicted molar refractivity (Wildman–Crippen MR) is 124 cm³/mol. The summed E-state index contributed by atoms with van der Waals surface area (Å²) < 4.78 is 22.4. The van der Waals surface area contributed by atoms with Crippen molar-refractivity contribution in [3.8, 4) is 22.8 Å². The maximum atomic E-state index is 15.1. The minimum atomic E-state index is -0.385. The van der Waals surface area contributed by atoms with Gasteiger partial charge in [0.05, 0.1) is 11.2 Å². The van der Waals surface area contributed by atoms with E-state index in [0.29, 0.717) is 34.0 Å². The monoisotopic (exact) mass is 452 g/mol. The largest absolute Gasteiger partial charge is 0.369 e. The molecule has 0 N–H and O–H groups in total. The van der Waals surface area contributed by atoms with Crippen LogP contribution in [0, 0.1) is 5.82 Å². The Morgan fingerprint density at radius 3 is 2.59 bits per heavy atom. The van der Waals surface area contributed by atoms with Crippen molar-refractivity contribution in [2.45, 2.75) is 32.7 Å². The number of fused-ring (bicyclic) bond motifs is 1. The molecular weight excluding hydrogens is 431 g/mol. The van der Waals surface area contributed by atoms with E-state index in [9.17, 15) is 4.79 Å². The lowest BCUT2D eigenvalue weighted by Crippen LogP contribution is -2.30. The van der Waals surface area contributed by atoms with Gasteiger partial charge in [-0.05, 0) is 62.6 Å². The zero-order valence-corrected chi connectivity index (χ0v) is 18.4. The van der Waals surface area contributed by atoms with Gasteiger partial charge in [0, 0.05) is 41.8 Å². The Balaban J connectivity index is 1.61. The number of anilines is 1.